The van der Waals surface area contributed by atoms with Gasteiger partial charge in [-0.1, -0.05) is 12.1 Å². The first-order valence-electron chi connectivity index (χ1n) is 10.7. The van der Waals surface area contributed by atoms with Crippen LogP contribution in [0.1, 0.15) is 38.5 Å². The van der Waals surface area contributed by atoms with Crippen molar-refractivity contribution in [3.63, 3.8) is 0 Å². The second kappa shape index (κ2) is 9.05. The molecule has 2 N–H and O–H groups in total. The van der Waals surface area contributed by atoms with Crippen molar-refractivity contribution in [1.82, 2.24) is 15.3 Å². The van der Waals surface area contributed by atoms with Crippen LogP contribution in [0.5, 0.6) is 0 Å². The summed E-state index contributed by atoms with van der Waals surface area (Å²) in [6.07, 6.45) is 7.74. The van der Waals surface area contributed by atoms with Crippen LogP contribution in [-0.2, 0) is 4.74 Å². The van der Waals surface area contributed by atoms with Crippen molar-refractivity contribution in [2.75, 3.05) is 44.0 Å². The molecule has 1 unspecified atom stereocenters. The van der Waals surface area contributed by atoms with Gasteiger partial charge in [-0.15, -0.1) is 0 Å². The summed E-state index contributed by atoms with van der Waals surface area (Å²) < 4.78 is 5.69. The third kappa shape index (κ3) is 4.73. The molecule has 6 heteroatoms. The van der Waals surface area contributed by atoms with Gasteiger partial charge in [0.1, 0.15) is 5.82 Å². The highest BCUT2D eigenvalue weighted by molar-refractivity contribution is 5.90. The zero-order valence-electron chi connectivity index (χ0n) is 17.2. The molecule has 2 heterocycles. The van der Waals surface area contributed by atoms with Crippen molar-refractivity contribution in [1.29, 1.82) is 0 Å². The molecule has 1 saturated heterocycles. The summed E-state index contributed by atoms with van der Waals surface area (Å²) in [7, 11) is 4.07. The van der Waals surface area contributed by atoms with Gasteiger partial charge in [0.25, 0.3) is 0 Å². The summed E-state index contributed by atoms with van der Waals surface area (Å²) in [5.74, 6) is 2.50. The number of ether oxygens (including phenoxy) is 1. The summed E-state index contributed by atoms with van der Waals surface area (Å²) in [5.41, 5.74) is 0.996. The minimum Gasteiger partial charge on any atom is -0.377 e. The van der Waals surface area contributed by atoms with Gasteiger partial charge in [0.2, 0.25) is 5.95 Å². The lowest BCUT2D eigenvalue weighted by Gasteiger charge is -2.30. The molecule has 4 rings (SSSR count). The quantitative estimate of drug-likeness (QED) is 0.764. The molecule has 152 valence electrons. The Morgan fingerprint density at radius 2 is 1.86 bits per heavy atom. The number of nitrogens with zero attached hydrogens (tertiary/aromatic N) is 3. The number of fused-ring (bicyclic) bond motifs is 1. The van der Waals surface area contributed by atoms with Crippen LogP contribution in [0.25, 0.3) is 10.9 Å². The molecule has 1 saturated carbocycles. The van der Waals surface area contributed by atoms with E-state index >= 15 is 0 Å². The molecular formula is C22H33N5O. The van der Waals surface area contributed by atoms with Crippen LogP contribution in [0, 0.1) is 5.92 Å². The lowest BCUT2D eigenvalue weighted by molar-refractivity contribution is 0.108. The number of hydrogen-bond donors (Lipinski definition) is 2. The van der Waals surface area contributed by atoms with E-state index in [0.29, 0.717) is 12.1 Å². The van der Waals surface area contributed by atoms with Crippen molar-refractivity contribution in [3.05, 3.63) is 24.3 Å². The van der Waals surface area contributed by atoms with Crippen LogP contribution in [-0.4, -0.2) is 55.9 Å². The van der Waals surface area contributed by atoms with Gasteiger partial charge in [-0.25, -0.2) is 4.98 Å². The minimum atomic E-state index is 0.439. The van der Waals surface area contributed by atoms with E-state index in [1.54, 1.807) is 0 Å². The molecule has 1 aromatic heterocycles. The molecule has 0 amide bonds. The number of aromatic nitrogens is 2. The molecule has 2 fully saturated rings. The maximum atomic E-state index is 5.69. The number of anilines is 2. The average molecular weight is 384 g/mol. The summed E-state index contributed by atoms with van der Waals surface area (Å²) >= 11 is 0. The Morgan fingerprint density at radius 3 is 2.61 bits per heavy atom. The van der Waals surface area contributed by atoms with E-state index in [-0.39, 0.29) is 0 Å². The monoisotopic (exact) mass is 383 g/mol. The van der Waals surface area contributed by atoms with Crippen molar-refractivity contribution >= 4 is 22.7 Å². The minimum absolute atomic E-state index is 0.439. The number of hydrogen-bond acceptors (Lipinski definition) is 6. The molecule has 6 nitrogen and oxygen atoms in total. The molecule has 1 atom stereocenters. The van der Waals surface area contributed by atoms with Crippen LogP contribution in [0.15, 0.2) is 24.3 Å². The van der Waals surface area contributed by atoms with Crippen LogP contribution in [0.2, 0.25) is 0 Å². The van der Waals surface area contributed by atoms with E-state index in [1.165, 1.54) is 38.5 Å². The number of nitrogens with one attached hydrogen (secondary N) is 2. The lowest BCUT2D eigenvalue weighted by Crippen LogP contribution is -2.34. The van der Waals surface area contributed by atoms with E-state index in [4.69, 9.17) is 14.7 Å². The first-order chi connectivity index (χ1) is 13.7. The van der Waals surface area contributed by atoms with Gasteiger partial charge in [0.15, 0.2) is 0 Å². The van der Waals surface area contributed by atoms with Crippen molar-refractivity contribution in [2.45, 2.75) is 50.7 Å². The second-order valence-electron chi connectivity index (χ2n) is 8.44. The third-order valence-electron chi connectivity index (χ3n) is 6.02. The van der Waals surface area contributed by atoms with Crippen molar-refractivity contribution < 1.29 is 4.74 Å². The van der Waals surface area contributed by atoms with Gasteiger partial charge >= 0.3 is 0 Å². The van der Waals surface area contributed by atoms with Gasteiger partial charge in [-0.2, -0.15) is 4.98 Å². The normalized spacial score (nSPS) is 25.1. The van der Waals surface area contributed by atoms with Crippen LogP contribution < -0.4 is 15.5 Å². The molecule has 28 heavy (non-hydrogen) atoms. The van der Waals surface area contributed by atoms with Crippen LogP contribution >= 0.6 is 0 Å². The topological polar surface area (TPSA) is 62.3 Å². The maximum Gasteiger partial charge on any atom is 0.225 e. The van der Waals surface area contributed by atoms with Gasteiger partial charge in [-0.3, -0.25) is 0 Å². The SMILES string of the molecule is CN(C)c1nc(NC2CCC(CNCC3CCCO3)CC2)nc2ccccc12. The van der Waals surface area contributed by atoms with Crippen molar-refractivity contribution in [2.24, 2.45) is 5.92 Å². The second-order valence-corrected chi connectivity index (χ2v) is 8.44. The summed E-state index contributed by atoms with van der Waals surface area (Å²) in [6.45, 7) is 3.07. The Morgan fingerprint density at radius 1 is 1.04 bits per heavy atom. The summed E-state index contributed by atoms with van der Waals surface area (Å²) in [5, 5.41) is 8.32. The highest BCUT2D eigenvalue weighted by atomic mass is 16.5. The molecule has 1 aliphatic heterocycles. The molecule has 1 aliphatic carbocycles. The Kier molecular flexibility index (Phi) is 6.27. The zero-order valence-corrected chi connectivity index (χ0v) is 17.2. The molecular weight excluding hydrogens is 350 g/mol. The fourth-order valence-electron chi connectivity index (χ4n) is 4.41. The Hall–Kier alpha value is -1.92. The van der Waals surface area contributed by atoms with Crippen molar-refractivity contribution in [3.8, 4) is 0 Å². The molecule has 0 spiro atoms. The fraction of sp³-hybridized carbons (Fsp3) is 0.636. The highest BCUT2D eigenvalue weighted by Crippen LogP contribution is 2.28. The van der Waals surface area contributed by atoms with Gasteiger partial charge < -0.3 is 20.3 Å². The third-order valence-corrected chi connectivity index (χ3v) is 6.02. The van der Waals surface area contributed by atoms with Gasteiger partial charge in [0, 0.05) is 38.7 Å². The predicted octanol–water partition coefficient (Wildman–Crippen LogP) is 3.44. The molecule has 2 aliphatic rings. The van der Waals surface area contributed by atoms with Crippen LogP contribution in [0.3, 0.4) is 0 Å². The van der Waals surface area contributed by atoms with E-state index in [1.807, 2.05) is 26.2 Å². The Bertz CT molecular complexity index is 767. The van der Waals surface area contributed by atoms with Gasteiger partial charge in [-0.05, 0) is 63.1 Å². The zero-order chi connectivity index (χ0) is 19.3. The largest absolute Gasteiger partial charge is 0.377 e. The highest BCUT2D eigenvalue weighted by Gasteiger charge is 2.23. The Labute approximate surface area is 168 Å². The number of rotatable bonds is 7. The molecule has 0 radical (unpaired) electrons. The van der Waals surface area contributed by atoms with E-state index < -0.39 is 0 Å². The summed E-state index contributed by atoms with van der Waals surface area (Å²) in [6, 6.07) is 8.69. The van der Waals surface area contributed by atoms with Crippen LogP contribution in [0.4, 0.5) is 11.8 Å². The standard InChI is InChI=1S/C22H33N5O/c1-27(2)21-19-7-3-4-8-20(19)25-22(26-21)24-17-11-9-16(10-12-17)14-23-15-18-6-5-13-28-18/h3-4,7-8,16-18,23H,5-6,9-15H2,1-2H3,(H,24,25,26). The van der Waals surface area contributed by atoms with E-state index in [2.05, 4.69) is 27.7 Å². The lowest BCUT2D eigenvalue weighted by atomic mass is 9.86. The Balaban J connectivity index is 1.29. The maximum absolute atomic E-state index is 5.69. The smallest absolute Gasteiger partial charge is 0.225 e. The first kappa shape index (κ1) is 19.4. The molecule has 2 aromatic rings. The first-order valence-corrected chi connectivity index (χ1v) is 10.7. The van der Waals surface area contributed by atoms with Gasteiger partial charge in [0.05, 0.1) is 11.6 Å². The fourth-order valence-corrected chi connectivity index (χ4v) is 4.41. The molecule has 1 aromatic carbocycles. The van der Waals surface area contributed by atoms with E-state index in [0.717, 1.165) is 48.3 Å². The predicted molar refractivity (Wildman–Crippen MR) is 115 cm³/mol. The average Bonchev–Trinajstić information content (AvgIpc) is 3.22. The number of benzene rings is 1. The number of para-hydroxylation sites is 1. The van der Waals surface area contributed by atoms with E-state index in [9.17, 15) is 0 Å². The molecule has 0 bridgehead atoms. The summed E-state index contributed by atoms with van der Waals surface area (Å²) in [4.78, 5) is 11.6.